The first kappa shape index (κ1) is 63.5. The van der Waals surface area contributed by atoms with E-state index in [4.69, 9.17) is 61.6 Å². The maximum Gasteiger partial charge on any atom is 0.338 e. The Morgan fingerprint density at radius 2 is 0.730 bits per heavy atom. The van der Waals surface area contributed by atoms with Gasteiger partial charge in [-0.1, -0.05) is 164 Å². The van der Waals surface area contributed by atoms with Crippen LogP contribution in [0.5, 0.6) is 0 Å². The van der Waals surface area contributed by atoms with Gasteiger partial charge in [0.1, 0.15) is 62.0 Å². The largest absolute Gasteiger partial charge is 0.459 e. The lowest BCUT2D eigenvalue weighted by molar-refractivity contribution is -0.386. The van der Waals surface area contributed by atoms with Crippen molar-refractivity contribution >= 4 is 29.8 Å². The van der Waals surface area contributed by atoms with Crippen molar-refractivity contribution in [2.75, 3.05) is 13.2 Å². The van der Waals surface area contributed by atoms with Crippen LogP contribution in [0.1, 0.15) is 72.0 Å². The van der Waals surface area contributed by atoms with Crippen LogP contribution in [-0.4, -0.2) is 145 Å². The van der Waals surface area contributed by atoms with Crippen LogP contribution in [0.2, 0.25) is 0 Å². The van der Waals surface area contributed by atoms with E-state index in [1.54, 1.807) is 79.7 Å². The molecule has 3 aliphatic rings. The van der Waals surface area contributed by atoms with E-state index < -0.39 is 135 Å². The van der Waals surface area contributed by atoms with Crippen LogP contribution >= 0.6 is 0 Å². The van der Waals surface area contributed by atoms with Crippen molar-refractivity contribution in [2.24, 2.45) is 0 Å². The summed E-state index contributed by atoms with van der Waals surface area (Å²) in [7, 11) is 0. The Morgan fingerprint density at radius 3 is 1.17 bits per heavy atom. The van der Waals surface area contributed by atoms with E-state index in [0.29, 0.717) is 0 Å². The summed E-state index contributed by atoms with van der Waals surface area (Å²) in [6.07, 6.45) is -23.9. The Kier molecular flexibility index (Phi) is 22.2. The second-order valence-corrected chi connectivity index (χ2v) is 21.3. The molecule has 0 aliphatic carbocycles. The molecule has 0 amide bonds. The lowest BCUT2D eigenvalue weighted by Gasteiger charge is -2.50. The molecule has 3 saturated heterocycles. The van der Waals surface area contributed by atoms with Crippen LogP contribution in [-0.2, 0) is 86.2 Å². The Balaban J connectivity index is 1.09. The monoisotopic (exact) mass is 1220 g/mol. The molecule has 7 aromatic carbocycles. The van der Waals surface area contributed by atoms with Gasteiger partial charge in [0, 0.05) is 6.92 Å². The molecular weight excluding hydrogens is 1150 g/mol. The maximum atomic E-state index is 14.4. The highest BCUT2D eigenvalue weighted by molar-refractivity contribution is 5.91. The number of benzene rings is 7. The van der Waals surface area contributed by atoms with Gasteiger partial charge in [0.05, 0.1) is 48.2 Å². The molecule has 464 valence electrons. The molecular formula is C69H68O20. The highest BCUT2D eigenvalue weighted by Gasteiger charge is 2.58. The molecule has 3 aliphatic heterocycles. The van der Waals surface area contributed by atoms with Crippen molar-refractivity contribution in [1.29, 1.82) is 0 Å². The highest BCUT2D eigenvalue weighted by Crippen LogP contribution is 2.38. The zero-order valence-electron chi connectivity index (χ0n) is 48.6. The van der Waals surface area contributed by atoms with Crippen molar-refractivity contribution in [3.05, 3.63) is 251 Å². The minimum Gasteiger partial charge on any atom is -0.459 e. The van der Waals surface area contributed by atoms with Gasteiger partial charge in [0.2, 0.25) is 0 Å². The van der Waals surface area contributed by atoms with E-state index in [1.165, 1.54) is 48.5 Å². The van der Waals surface area contributed by atoms with Gasteiger partial charge < -0.3 is 71.8 Å². The molecule has 89 heavy (non-hydrogen) atoms. The number of aliphatic hydroxyl groups is 2. The predicted octanol–water partition coefficient (Wildman–Crippen LogP) is 8.16. The zero-order valence-corrected chi connectivity index (χ0v) is 48.6. The molecule has 0 unspecified atom stereocenters. The Bertz CT molecular complexity index is 3350. The molecule has 2 N–H and O–H groups in total. The quantitative estimate of drug-likeness (QED) is 0.0428. The molecule has 3 heterocycles. The lowest BCUT2D eigenvalue weighted by atomic mass is 9.95. The first-order valence-corrected chi connectivity index (χ1v) is 29.1. The normalized spacial score (nSPS) is 26.6. The number of ether oxygens (including phenoxy) is 13. The molecule has 7 aromatic rings. The van der Waals surface area contributed by atoms with Crippen LogP contribution in [0, 0.1) is 0 Å². The molecule has 0 radical (unpaired) electrons. The summed E-state index contributed by atoms with van der Waals surface area (Å²) < 4.78 is 84.1. The van der Waals surface area contributed by atoms with E-state index in [0.717, 1.165) is 23.6 Å². The third-order valence-electron chi connectivity index (χ3n) is 15.0. The minimum atomic E-state index is -2.09. The van der Waals surface area contributed by atoms with E-state index in [2.05, 4.69) is 0 Å². The number of hydrogen-bond donors (Lipinski definition) is 2. The average Bonchev–Trinajstić information content (AvgIpc) is 0.956. The number of hydrogen-bond acceptors (Lipinski definition) is 20. The topological polar surface area (TPSA) is 246 Å². The third kappa shape index (κ3) is 16.8. The summed E-state index contributed by atoms with van der Waals surface area (Å²) in [5.41, 5.74) is 2.83. The fourth-order valence-electron chi connectivity index (χ4n) is 10.5. The highest BCUT2D eigenvalue weighted by atomic mass is 16.8. The zero-order chi connectivity index (χ0) is 62.1. The summed E-state index contributed by atoms with van der Waals surface area (Å²) in [6.45, 7) is 1.63. The van der Waals surface area contributed by atoms with Crippen molar-refractivity contribution in [1.82, 2.24) is 0 Å². The Hall–Kier alpha value is -8.51. The van der Waals surface area contributed by atoms with E-state index in [9.17, 15) is 34.2 Å². The van der Waals surface area contributed by atoms with Gasteiger partial charge in [-0.05, 0) is 72.1 Å². The van der Waals surface area contributed by atoms with Crippen LogP contribution < -0.4 is 0 Å². The molecule has 0 spiro atoms. The van der Waals surface area contributed by atoms with Crippen LogP contribution in [0.4, 0.5) is 0 Å². The second-order valence-electron chi connectivity index (χ2n) is 21.3. The SMILES string of the molecule is CC(=O)O[C@@H]1[C@H](O)[C@@H](OC(=O)c2ccccc2)[C@H](O[C@H]2[C@H](O[C@@H]3O[C@@H](C)[C@@H](OCc4ccccc4)[C@@H](OCc4ccccc4)[C@@H]3OCc3ccccc3)[C@@H](OC(=O)c3ccccc3)[C@H](O)O[C@@H]2COC(=O)c2ccccc2)O[C@@H]1COC(=O)c1ccccc1. The fraction of sp³-hybridized carbons (Fsp3) is 0.319. The summed E-state index contributed by atoms with van der Waals surface area (Å²) in [5.74, 6) is -4.45. The number of aliphatic hydroxyl groups excluding tert-OH is 2. The van der Waals surface area contributed by atoms with Crippen LogP contribution in [0.15, 0.2) is 212 Å². The van der Waals surface area contributed by atoms with Crippen molar-refractivity contribution in [2.45, 2.75) is 126 Å². The first-order chi connectivity index (χ1) is 43.4. The van der Waals surface area contributed by atoms with Crippen LogP contribution in [0.3, 0.4) is 0 Å². The summed E-state index contributed by atoms with van der Waals surface area (Å²) >= 11 is 0. The minimum absolute atomic E-state index is 0.0253. The number of carbonyl (C=O) groups is 5. The lowest BCUT2D eigenvalue weighted by Crippen LogP contribution is -2.68. The summed E-state index contributed by atoms with van der Waals surface area (Å²) in [5, 5.41) is 24.9. The molecule has 0 bridgehead atoms. The van der Waals surface area contributed by atoms with Crippen LogP contribution in [0.25, 0.3) is 0 Å². The van der Waals surface area contributed by atoms with Crippen molar-refractivity contribution < 1.29 is 95.8 Å². The molecule has 10 rings (SSSR count). The molecule has 0 saturated carbocycles. The third-order valence-corrected chi connectivity index (χ3v) is 15.0. The number of rotatable bonds is 24. The average molecular weight is 1220 g/mol. The predicted molar refractivity (Wildman–Crippen MR) is 315 cm³/mol. The van der Waals surface area contributed by atoms with E-state index in [1.807, 2.05) is 91.0 Å². The summed E-state index contributed by atoms with van der Waals surface area (Å²) in [4.78, 5) is 69.0. The van der Waals surface area contributed by atoms with Gasteiger partial charge in [-0.15, -0.1) is 0 Å². The molecule has 20 heteroatoms. The molecule has 20 nitrogen and oxygen atoms in total. The van der Waals surface area contributed by atoms with Gasteiger partial charge in [-0.25, -0.2) is 19.2 Å². The maximum absolute atomic E-state index is 14.4. The molecule has 15 atom stereocenters. The number of carbonyl (C=O) groups excluding carboxylic acids is 5. The summed E-state index contributed by atoms with van der Waals surface area (Å²) in [6, 6.07) is 59.9. The first-order valence-electron chi connectivity index (χ1n) is 29.1. The molecule has 3 fully saturated rings. The fourth-order valence-corrected chi connectivity index (χ4v) is 10.5. The Labute approximate surface area is 513 Å². The number of esters is 5. The van der Waals surface area contributed by atoms with E-state index in [-0.39, 0.29) is 42.1 Å². The van der Waals surface area contributed by atoms with Crippen molar-refractivity contribution in [3.8, 4) is 0 Å². The van der Waals surface area contributed by atoms with Gasteiger partial charge >= 0.3 is 29.8 Å². The Morgan fingerprint density at radius 1 is 0.371 bits per heavy atom. The second kappa shape index (κ2) is 31.1. The van der Waals surface area contributed by atoms with Gasteiger partial charge in [-0.2, -0.15) is 0 Å². The van der Waals surface area contributed by atoms with E-state index >= 15 is 0 Å². The van der Waals surface area contributed by atoms with Gasteiger partial charge in [-0.3, -0.25) is 4.79 Å². The van der Waals surface area contributed by atoms with Gasteiger partial charge in [0.25, 0.3) is 0 Å². The standard InChI is InChI=1S/C69H68O20/c1-43-55(77-38-45-24-10-3-11-25-45)59(78-39-46-26-12-4-13-27-46)62(79-40-47-28-14-5-15-29-47)69(82-43)89-60-57(53(42-81-64(73)49-32-18-7-19-33-49)84-67(76)61(60)87-66(75)51-36-22-9-23-37-51)88-68-58(86-65(74)50-34-20-8-21-35-50)54(71)56(83-44(2)70)52(85-68)41-80-63(72)48-30-16-6-17-31-48/h3-37,43,52-62,67-69,71,76H,38-42H2,1-2H3/t43-,52+,53+,54-,55+,56-,57+,58+,59+,60-,61+,62-,67+,68-,69-/m0/s1. The van der Waals surface area contributed by atoms with Crippen molar-refractivity contribution in [3.63, 3.8) is 0 Å². The molecule has 0 aromatic heterocycles. The smallest absolute Gasteiger partial charge is 0.338 e. The van der Waals surface area contributed by atoms with Gasteiger partial charge in [0.15, 0.2) is 37.2 Å².